The summed E-state index contributed by atoms with van der Waals surface area (Å²) < 4.78 is 29.6. The molecular formula is C26H28ClN5O4S. The molecule has 37 heavy (non-hydrogen) atoms. The van der Waals surface area contributed by atoms with E-state index in [4.69, 9.17) is 16.1 Å². The number of rotatable bonds is 10. The lowest BCUT2D eigenvalue weighted by Crippen LogP contribution is -2.35. The number of nitrogens with zero attached hydrogens (tertiary/aromatic N) is 3. The van der Waals surface area contributed by atoms with Crippen LogP contribution < -0.4 is 10.0 Å². The number of imidazole rings is 1. The van der Waals surface area contributed by atoms with Crippen molar-refractivity contribution in [1.29, 1.82) is 5.41 Å². The summed E-state index contributed by atoms with van der Waals surface area (Å²) in [4.78, 5) is 16.4. The second-order valence-electron chi connectivity index (χ2n) is 8.36. The Balaban J connectivity index is 0.00000380. The van der Waals surface area contributed by atoms with Gasteiger partial charge in [-0.1, -0.05) is 49.4 Å². The van der Waals surface area contributed by atoms with Crippen LogP contribution in [0.2, 0.25) is 0 Å². The highest BCUT2D eigenvalue weighted by atomic mass is 35.5. The Morgan fingerprint density at radius 2 is 1.76 bits per heavy atom. The number of nitrogens with one attached hydrogen (secondary N) is 1. The molecule has 11 heteroatoms. The maximum atomic E-state index is 13.3. The maximum Gasteiger partial charge on any atom is 0.324 e. The van der Waals surface area contributed by atoms with E-state index in [1.165, 1.54) is 12.1 Å². The molecule has 0 unspecified atom stereocenters. The van der Waals surface area contributed by atoms with E-state index in [2.05, 4.69) is 11.5 Å². The Labute approximate surface area is 221 Å². The standard InChI is InChI=1S/C26H27N5O4S.ClH/c1-2-14-30-23-13-12-20(31(17-25(32)33)36(34,35)21-6-4-3-5-7-21)16-22(23)29-24(30)15-18-8-10-19(11-9-18)26(27)28;/h3-13,16H,2,14-15,17H2,1H3,(H3,27,28)(H,32,33);1H. The van der Waals surface area contributed by atoms with Crippen molar-refractivity contribution in [3.8, 4) is 0 Å². The number of nitrogen functional groups attached to an aromatic ring is 1. The van der Waals surface area contributed by atoms with Crippen LogP contribution in [0.4, 0.5) is 5.69 Å². The minimum absolute atomic E-state index is 0. The zero-order chi connectivity index (χ0) is 25.9. The topological polar surface area (TPSA) is 142 Å². The van der Waals surface area contributed by atoms with Crippen molar-refractivity contribution in [1.82, 2.24) is 9.55 Å². The summed E-state index contributed by atoms with van der Waals surface area (Å²) in [7, 11) is -4.10. The number of halogens is 1. The van der Waals surface area contributed by atoms with Gasteiger partial charge in [0.05, 0.1) is 21.6 Å². The second kappa shape index (κ2) is 11.4. The minimum Gasteiger partial charge on any atom is -0.480 e. The summed E-state index contributed by atoms with van der Waals surface area (Å²) in [6.07, 6.45) is 1.40. The van der Waals surface area contributed by atoms with Crippen molar-refractivity contribution in [2.24, 2.45) is 5.73 Å². The van der Waals surface area contributed by atoms with Crippen molar-refractivity contribution >= 4 is 51.0 Å². The molecule has 0 fully saturated rings. The van der Waals surface area contributed by atoms with E-state index in [0.717, 1.165) is 34.2 Å². The van der Waals surface area contributed by atoms with Crippen molar-refractivity contribution in [2.75, 3.05) is 10.8 Å². The number of aryl methyl sites for hydroxylation is 1. The first kappa shape index (κ1) is 27.7. The predicted octanol–water partition coefficient (Wildman–Crippen LogP) is 4.02. The van der Waals surface area contributed by atoms with Gasteiger partial charge >= 0.3 is 5.97 Å². The van der Waals surface area contributed by atoms with Crippen LogP contribution in [0.5, 0.6) is 0 Å². The molecule has 4 rings (SSSR count). The van der Waals surface area contributed by atoms with E-state index in [0.29, 0.717) is 17.5 Å². The van der Waals surface area contributed by atoms with Gasteiger partial charge in [0.2, 0.25) is 0 Å². The van der Waals surface area contributed by atoms with Crippen LogP contribution in [-0.2, 0) is 27.8 Å². The van der Waals surface area contributed by atoms with Crippen molar-refractivity contribution in [3.63, 3.8) is 0 Å². The molecule has 0 amide bonds. The van der Waals surface area contributed by atoms with Gasteiger partial charge in [-0.05, 0) is 42.3 Å². The summed E-state index contributed by atoms with van der Waals surface area (Å²) in [6.45, 7) is 2.07. The van der Waals surface area contributed by atoms with Gasteiger partial charge in [-0.25, -0.2) is 13.4 Å². The van der Waals surface area contributed by atoms with Gasteiger partial charge in [0.1, 0.15) is 18.2 Å². The summed E-state index contributed by atoms with van der Waals surface area (Å²) in [5, 5.41) is 17.0. The van der Waals surface area contributed by atoms with Gasteiger partial charge in [0.25, 0.3) is 10.0 Å². The van der Waals surface area contributed by atoms with Crippen molar-refractivity contribution in [3.05, 3.63) is 89.7 Å². The lowest BCUT2D eigenvalue weighted by molar-refractivity contribution is -0.135. The number of anilines is 1. The average molecular weight is 542 g/mol. The third kappa shape index (κ3) is 5.92. The number of carbonyl (C=O) groups is 1. The molecule has 0 radical (unpaired) electrons. The fourth-order valence-corrected chi connectivity index (χ4v) is 5.50. The summed E-state index contributed by atoms with van der Waals surface area (Å²) in [5.41, 5.74) is 8.83. The first-order valence-corrected chi connectivity index (χ1v) is 12.9. The Hall–Kier alpha value is -3.89. The highest BCUT2D eigenvalue weighted by Crippen LogP contribution is 2.28. The maximum absolute atomic E-state index is 13.3. The molecule has 4 N–H and O–H groups in total. The van der Waals surface area contributed by atoms with Crippen molar-refractivity contribution in [2.45, 2.75) is 31.2 Å². The van der Waals surface area contributed by atoms with Crippen LogP contribution in [0.1, 0.15) is 30.3 Å². The van der Waals surface area contributed by atoms with Gasteiger partial charge in [-0.2, -0.15) is 0 Å². The molecule has 0 aliphatic rings. The summed E-state index contributed by atoms with van der Waals surface area (Å²) >= 11 is 0. The smallest absolute Gasteiger partial charge is 0.324 e. The summed E-state index contributed by atoms with van der Waals surface area (Å²) in [6, 6.07) is 20.2. The van der Waals surface area contributed by atoms with E-state index < -0.39 is 22.5 Å². The molecule has 4 aromatic rings. The molecule has 9 nitrogen and oxygen atoms in total. The Bertz CT molecular complexity index is 1520. The lowest BCUT2D eigenvalue weighted by atomic mass is 10.1. The number of hydrogen-bond donors (Lipinski definition) is 3. The van der Waals surface area contributed by atoms with Gasteiger partial charge in [-0.3, -0.25) is 14.5 Å². The number of amidine groups is 1. The van der Waals surface area contributed by atoms with Gasteiger partial charge in [0.15, 0.2) is 0 Å². The molecular weight excluding hydrogens is 514 g/mol. The molecule has 0 aliphatic carbocycles. The summed E-state index contributed by atoms with van der Waals surface area (Å²) in [5.74, 6) is -0.459. The number of sulfonamides is 1. The normalized spacial score (nSPS) is 11.2. The number of carboxylic acids is 1. The predicted molar refractivity (Wildman–Crippen MR) is 146 cm³/mol. The monoisotopic (exact) mass is 541 g/mol. The zero-order valence-electron chi connectivity index (χ0n) is 20.2. The molecule has 0 atom stereocenters. The Morgan fingerprint density at radius 3 is 2.35 bits per heavy atom. The minimum atomic E-state index is -4.10. The number of aliphatic carboxylic acids is 1. The SMILES string of the molecule is CCCn1c(Cc2ccc(C(=N)N)cc2)nc2cc(N(CC(=O)O)S(=O)(=O)c3ccccc3)ccc21.Cl. The fraction of sp³-hybridized carbons (Fsp3) is 0.192. The molecule has 0 saturated heterocycles. The number of hydrogen-bond acceptors (Lipinski definition) is 5. The molecule has 3 aromatic carbocycles. The number of carboxylic acid groups (broad SMARTS) is 1. The van der Waals surface area contributed by atoms with Gasteiger partial charge < -0.3 is 15.4 Å². The van der Waals surface area contributed by atoms with E-state index in [9.17, 15) is 18.3 Å². The van der Waals surface area contributed by atoms with E-state index in [1.807, 2.05) is 12.1 Å². The van der Waals surface area contributed by atoms with Crippen LogP contribution in [0.25, 0.3) is 11.0 Å². The second-order valence-corrected chi connectivity index (χ2v) is 10.2. The van der Waals surface area contributed by atoms with E-state index >= 15 is 0 Å². The largest absolute Gasteiger partial charge is 0.480 e. The molecule has 194 valence electrons. The number of nitrogens with two attached hydrogens (primary N) is 1. The van der Waals surface area contributed by atoms with E-state index in [1.54, 1.807) is 48.5 Å². The zero-order valence-corrected chi connectivity index (χ0v) is 21.8. The molecule has 0 bridgehead atoms. The quantitative estimate of drug-likeness (QED) is 0.204. The number of aromatic nitrogens is 2. The van der Waals surface area contributed by atoms with E-state index in [-0.39, 0.29) is 28.8 Å². The molecule has 0 saturated carbocycles. The molecule has 1 aromatic heterocycles. The first-order valence-electron chi connectivity index (χ1n) is 11.4. The van der Waals surface area contributed by atoms with Gasteiger partial charge in [0, 0.05) is 18.5 Å². The van der Waals surface area contributed by atoms with Crippen LogP contribution >= 0.6 is 12.4 Å². The van der Waals surface area contributed by atoms with Crippen LogP contribution in [-0.4, -0.2) is 41.4 Å². The fourth-order valence-electron chi connectivity index (χ4n) is 4.07. The lowest BCUT2D eigenvalue weighted by Gasteiger charge is -2.22. The molecule has 0 spiro atoms. The number of fused-ring (bicyclic) bond motifs is 1. The van der Waals surface area contributed by atoms with Crippen molar-refractivity contribution < 1.29 is 18.3 Å². The van der Waals surface area contributed by atoms with Gasteiger partial charge in [-0.15, -0.1) is 12.4 Å². The number of benzene rings is 3. The molecule has 0 aliphatic heterocycles. The van der Waals surface area contributed by atoms with Crippen LogP contribution in [0.3, 0.4) is 0 Å². The first-order chi connectivity index (χ1) is 17.2. The van der Waals surface area contributed by atoms with Crippen LogP contribution in [0, 0.1) is 5.41 Å². The Morgan fingerprint density at radius 1 is 1.08 bits per heavy atom. The highest BCUT2D eigenvalue weighted by molar-refractivity contribution is 7.92. The highest BCUT2D eigenvalue weighted by Gasteiger charge is 2.27. The van der Waals surface area contributed by atoms with Crippen LogP contribution in [0.15, 0.2) is 77.7 Å². The third-order valence-corrected chi connectivity index (χ3v) is 7.57. The third-order valence-electron chi connectivity index (χ3n) is 5.78. The molecule has 1 heterocycles. The Kier molecular flexibility index (Phi) is 8.57. The average Bonchev–Trinajstić information content (AvgIpc) is 3.19.